The van der Waals surface area contributed by atoms with Crippen LogP contribution in [0.3, 0.4) is 0 Å². The van der Waals surface area contributed by atoms with Crippen molar-refractivity contribution in [3.63, 3.8) is 0 Å². The summed E-state index contributed by atoms with van der Waals surface area (Å²) in [5, 5.41) is 19.2. The van der Waals surface area contributed by atoms with Gasteiger partial charge in [0.05, 0.1) is 6.10 Å². The standard InChI is InChI=1S/C16H26N2O3S/c1-10(2)7-14(20)18-15(11(3)4)16(21)17-8-13(19)12-5-6-22-9-12/h5-6,9-11,13,15,19H,7-8H2,1-4H3,(H,17,21)(H,18,20). The highest BCUT2D eigenvalue weighted by Gasteiger charge is 2.24. The van der Waals surface area contributed by atoms with Crippen molar-refractivity contribution in [3.05, 3.63) is 22.4 Å². The first-order valence-electron chi connectivity index (χ1n) is 7.58. The van der Waals surface area contributed by atoms with Crippen LogP contribution in [-0.2, 0) is 9.59 Å². The highest BCUT2D eigenvalue weighted by Crippen LogP contribution is 2.15. The summed E-state index contributed by atoms with van der Waals surface area (Å²) in [5.74, 6) is -0.158. The van der Waals surface area contributed by atoms with Gasteiger partial charge in [-0.2, -0.15) is 11.3 Å². The summed E-state index contributed by atoms with van der Waals surface area (Å²) in [5.41, 5.74) is 0.787. The van der Waals surface area contributed by atoms with Crippen molar-refractivity contribution >= 4 is 23.2 Å². The van der Waals surface area contributed by atoms with E-state index in [-0.39, 0.29) is 30.2 Å². The summed E-state index contributed by atoms with van der Waals surface area (Å²) in [6.45, 7) is 7.83. The van der Waals surface area contributed by atoms with Gasteiger partial charge in [0, 0.05) is 13.0 Å². The molecule has 124 valence electrons. The van der Waals surface area contributed by atoms with E-state index in [1.54, 1.807) is 0 Å². The predicted octanol–water partition coefficient (Wildman–Crippen LogP) is 2.08. The Morgan fingerprint density at radius 3 is 2.45 bits per heavy atom. The van der Waals surface area contributed by atoms with Gasteiger partial charge >= 0.3 is 0 Å². The molecule has 0 aromatic carbocycles. The number of carbonyl (C=O) groups excluding carboxylic acids is 2. The summed E-state index contributed by atoms with van der Waals surface area (Å²) in [6, 6.07) is 1.24. The molecule has 22 heavy (non-hydrogen) atoms. The number of aliphatic hydroxyl groups excluding tert-OH is 1. The van der Waals surface area contributed by atoms with Crippen LogP contribution in [0.5, 0.6) is 0 Å². The molecule has 0 saturated carbocycles. The van der Waals surface area contributed by atoms with E-state index < -0.39 is 12.1 Å². The Kier molecular flexibility index (Phi) is 7.55. The molecule has 0 radical (unpaired) electrons. The van der Waals surface area contributed by atoms with Crippen molar-refractivity contribution in [3.8, 4) is 0 Å². The molecular formula is C16H26N2O3S. The van der Waals surface area contributed by atoms with Crippen molar-refractivity contribution in [2.75, 3.05) is 6.54 Å². The maximum atomic E-state index is 12.2. The summed E-state index contributed by atoms with van der Waals surface area (Å²) < 4.78 is 0. The summed E-state index contributed by atoms with van der Waals surface area (Å²) >= 11 is 1.50. The van der Waals surface area contributed by atoms with E-state index in [0.717, 1.165) is 5.56 Å². The first-order chi connectivity index (χ1) is 10.3. The second-order valence-electron chi connectivity index (χ2n) is 6.20. The Bertz CT molecular complexity index is 472. The second kappa shape index (κ2) is 8.90. The van der Waals surface area contributed by atoms with E-state index in [0.29, 0.717) is 6.42 Å². The van der Waals surface area contributed by atoms with Gasteiger partial charge in [-0.25, -0.2) is 0 Å². The SMILES string of the molecule is CC(C)CC(=O)NC(C(=O)NCC(O)c1ccsc1)C(C)C. The van der Waals surface area contributed by atoms with Crippen LogP contribution in [0.4, 0.5) is 0 Å². The van der Waals surface area contributed by atoms with Gasteiger partial charge in [0.25, 0.3) is 0 Å². The third kappa shape index (κ3) is 6.15. The van der Waals surface area contributed by atoms with E-state index in [1.807, 2.05) is 44.5 Å². The number of hydrogen-bond acceptors (Lipinski definition) is 4. The molecule has 1 aromatic heterocycles. The van der Waals surface area contributed by atoms with E-state index in [1.165, 1.54) is 11.3 Å². The topological polar surface area (TPSA) is 78.4 Å². The molecule has 0 fully saturated rings. The molecule has 0 aliphatic rings. The van der Waals surface area contributed by atoms with Crippen molar-refractivity contribution in [1.29, 1.82) is 0 Å². The van der Waals surface area contributed by atoms with Crippen LogP contribution in [0.25, 0.3) is 0 Å². The monoisotopic (exact) mass is 326 g/mol. The van der Waals surface area contributed by atoms with Crippen LogP contribution < -0.4 is 10.6 Å². The molecule has 2 amide bonds. The zero-order valence-electron chi connectivity index (χ0n) is 13.6. The lowest BCUT2D eigenvalue weighted by molar-refractivity contribution is -0.130. The molecule has 0 spiro atoms. The number of amides is 2. The Hall–Kier alpha value is -1.40. The molecule has 0 bridgehead atoms. The van der Waals surface area contributed by atoms with E-state index in [2.05, 4.69) is 10.6 Å². The van der Waals surface area contributed by atoms with Crippen molar-refractivity contribution in [1.82, 2.24) is 10.6 Å². The highest BCUT2D eigenvalue weighted by molar-refractivity contribution is 7.07. The van der Waals surface area contributed by atoms with Gasteiger partial charge in [0.2, 0.25) is 11.8 Å². The molecule has 6 heteroatoms. The molecular weight excluding hydrogens is 300 g/mol. The van der Waals surface area contributed by atoms with Crippen LogP contribution >= 0.6 is 11.3 Å². The van der Waals surface area contributed by atoms with Gasteiger partial charge < -0.3 is 15.7 Å². The van der Waals surface area contributed by atoms with Crippen LogP contribution in [0, 0.1) is 11.8 Å². The fourth-order valence-corrected chi connectivity index (χ4v) is 2.73. The quantitative estimate of drug-likeness (QED) is 0.684. The number of rotatable bonds is 8. The van der Waals surface area contributed by atoms with Gasteiger partial charge in [0.15, 0.2) is 0 Å². The van der Waals surface area contributed by atoms with E-state index >= 15 is 0 Å². The Balaban J connectivity index is 2.52. The fourth-order valence-electron chi connectivity index (χ4n) is 2.03. The van der Waals surface area contributed by atoms with Gasteiger partial charge in [-0.3, -0.25) is 9.59 Å². The number of aliphatic hydroxyl groups is 1. The van der Waals surface area contributed by atoms with Crippen molar-refractivity contribution in [2.24, 2.45) is 11.8 Å². The first kappa shape index (κ1) is 18.6. The molecule has 1 heterocycles. The predicted molar refractivity (Wildman–Crippen MR) is 88.5 cm³/mol. The van der Waals surface area contributed by atoms with Crippen LogP contribution in [0.2, 0.25) is 0 Å². The van der Waals surface area contributed by atoms with Crippen molar-refractivity contribution < 1.29 is 14.7 Å². The van der Waals surface area contributed by atoms with E-state index in [4.69, 9.17) is 0 Å². The number of thiophene rings is 1. The van der Waals surface area contributed by atoms with Crippen molar-refractivity contribution in [2.45, 2.75) is 46.3 Å². The highest BCUT2D eigenvalue weighted by atomic mass is 32.1. The lowest BCUT2D eigenvalue weighted by atomic mass is 10.0. The zero-order valence-corrected chi connectivity index (χ0v) is 14.4. The number of hydrogen-bond donors (Lipinski definition) is 3. The minimum atomic E-state index is -0.727. The maximum Gasteiger partial charge on any atom is 0.242 e. The summed E-state index contributed by atoms with van der Waals surface area (Å²) in [7, 11) is 0. The average molecular weight is 326 g/mol. The van der Waals surface area contributed by atoms with Crippen LogP contribution in [-0.4, -0.2) is 29.5 Å². The molecule has 1 aromatic rings. The van der Waals surface area contributed by atoms with E-state index in [9.17, 15) is 14.7 Å². The maximum absolute atomic E-state index is 12.2. The molecule has 2 atom stereocenters. The molecule has 0 aliphatic carbocycles. The molecule has 0 saturated heterocycles. The second-order valence-corrected chi connectivity index (χ2v) is 6.98. The average Bonchev–Trinajstić information content (AvgIpc) is 2.94. The van der Waals surface area contributed by atoms with Crippen LogP contribution in [0.15, 0.2) is 16.8 Å². The minimum Gasteiger partial charge on any atom is -0.387 e. The Morgan fingerprint density at radius 1 is 1.27 bits per heavy atom. The molecule has 3 N–H and O–H groups in total. The van der Waals surface area contributed by atoms with Crippen LogP contribution in [0.1, 0.15) is 45.8 Å². The Morgan fingerprint density at radius 2 is 1.95 bits per heavy atom. The lowest BCUT2D eigenvalue weighted by Crippen LogP contribution is -2.50. The largest absolute Gasteiger partial charge is 0.387 e. The van der Waals surface area contributed by atoms with Gasteiger partial charge in [-0.05, 0) is 34.2 Å². The fraction of sp³-hybridized carbons (Fsp3) is 0.625. The molecule has 2 unspecified atom stereocenters. The third-order valence-corrected chi connectivity index (χ3v) is 3.96. The van der Waals surface area contributed by atoms with Gasteiger partial charge in [-0.1, -0.05) is 27.7 Å². The van der Waals surface area contributed by atoms with Gasteiger partial charge in [-0.15, -0.1) is 0 Å². The summed E-state index contributed by atoms with van der Waals surface area (Å²) in [6.07, 6.45) is -0.331. The summed E-state index contributed by atoms with van der Waals surface area (Å²) in [4.78, 5) is 24.1. The normalized spacial score (nSPS) is 14.0. The van der Waals surface area contributed by atoms with Gasteiger partial charge in [0.1, 0.15) is 6.04 Å². The molecule has 0 aliphatic heterocycles. The number of nitrogens with one attached hydrogen (secondary N) is 2. The molecule has 5 nitrogen and oxygen atoms in total. The minimum absolute atomic E-state index is 0.0191. The number of carbonyl (C=O) groups is 2. The smallest absolute Gasteiger partial charge is 0.242 e. The zero-order chi connectivity index (χ0) is 16.7. The third-order valence-electron chi connectivity index (χ3n) is 3.26. The molecule has 1 rings (SSSR count). The lowest BCUT2D eigenvalue weighted by Gasteiger charge is -2.23. The Labute approximate surface area is 136 Å². The first-order valence-corrected chi connectivity index (χ1v) is 8.52.